The van der Waals surface area contributed by atoms with Crippen LogP contribution < -0.4 is 0 Å². The maximum absolute atomic E-state index is 3.86. The largest absolute Gasteiger partial charge is 0.225 e. The van der Waals surface area contributed by atoms with Crippen LogP contribution in [0.2, 0.25) is 0 Å². The molecule has 0 fully saturated rings. The van der Waals surface area contributed by atoms with Gasteiger partial charge in [-0.15, -0.1) is 0 Å². The van der Waals surface area contributed by atoms with E-state index in [9.17, 15) is 0 Å². The minimum atomic E-state index is 0.648. The van der Waals surface area contributed by atoms with Crippen molar-refractivity contribution in [1.29, 1.82) is 0 Å². The van der Waals surface area contributed by atoms with Crippen molar-refractivity contribution in [2.24, 2.45) is 0 Å². The fraction of sp³-hybridized carbons (Fsp3) is 0. The first-order valence-electron chi connectivity index (χ1n) is 2.84. The summed E-state index contributed by atoms with van der Waals surface area (Å²) in [6, 6.07) is 0. The molecule has 0 unspecified atom stereocenters. The fourth-order valence-corrected chi connectivity index (χ4v) is 0.488. The third-order valence-corrected chi connectivity index (χ3v) is 0.895. The van der Waals surface area contributed by atoms with Crippen LogP contribution in [0.3, 0.4) is 0 Å². The second-order valence-electron chi connectivity index (χ2n) is 1.59. The van der Waals surface area contributed by atoms with Crippen LogP contribution in [0.25, 0.3) is 6.08 Å². The van der Waals surface area contributed by atoms with E-state index >= 15 is 0 Å². The van der Waals surface area contributed by atoms with Crippen molar-refractivity contribution in [3.8, 4) is 0 Å². The SMILES string of the molecule is C=CC=Cc1ncncn1. The zero-order valence-electron chi connectivity index (χ0n) is 5.44. The third kappa shape index (κ3) is 1.78. The first kappa shape index (κ1) is 6.61. The molecule has 0 aliphatic rings. The highest BCUT2D eigenvalue weighted by atomic mass is 15.0. The van der Waals surface area contributed by atoms with Gasteiger partial charge in [-0.2, -0.15) is 0 Å². The van der Waals surface area contributed by atoms with Crippen molar-refractivity contribution in [2.45, 2.75) is 0 Å². The maximum Gasteiger partial charge on any atom is 0.155 e. The predicted molar refractivity (Wildman–Crippen MR) is 39.1 cm³/mol. The Kier molecular flexibility index (Phi) is 2.31. The molecule has 0 saturated heterocycles. The van der Waals surface area contributed by atoms with E-state index in [0.29, 0.717) is 5.82 Å². The quantitative estimate of drug-likeness (QED) is 0.566. The number of hydrogen-bond donors (Lipinski definition) is 0. The van der Waals surface area contributed by atoms with Gasteiger partial charge in [-0.1, -0.05) is 18.7 Å². The van der Waals surface area contributed by atoms with Crippen LogP contribution in [0.5, 0.6) is 0 Å². The summed E-state index contributed by atoms with van der Waals surface area (Å²) in [5.41, 5.74) is 0. The van der Waals surface area contributed by atoms with Gasteiger partial charge in [0.25, 0.3) is 0 Å². The summed E-state index contributed by atoms with van der Waals surface area (Å²) < 4.78 is 0. The summed E-state index contributed by atoms with van der Waals surface area (Å²) in [5, 5.41) is 0. The average molecular weight is 133 g/mol. The monoisotopic (exact) mass is 133 g/mol. The summed E-state index contributed by atoms with van der Waals surface area (Å²) in [5.74, 6) is 0.648. The van der Waals surface area contributed by atoms with Crippen molar-refractivity contribution in [1.82, 2.24) is 15.0 Å². The summed E-state index contributed by atoms with van der Waals surface area (Å²) in [7, 11) is 0. The normalized spacial score (nSPS) is 10.0. The van der Waals surface area contributed by atoms with Gasteiger partial charge in [0.1, 0.15) is 12.7 Å². The molecule has 1 heterocycles. The summed E-state index contributed by atoms with van der Waals surface area (Å²) in [4.78, 5) is 11.4. The Morgan fingerprint density at radius 3 is 2.60 bits per heavy atom. The number of nitrogens with zero attached hydrogens (tertiary/aromatic N) is 3. The highest BCUT2D eigenvalue weighted by molar-refractivity contribution is 5.41. The van der Waals surface area contributed by atoms with Crippen molar-refractivity contribution in [3.05, 3.63) is 37.2 Å². The van der Waals surface area contributed by atoms with Crippen LogP contribution in [0.4, 0.5) is 0 Å². The molecule has 0 radical (unpaired) electrons. The van der Waals surface area contributed by atoms with Crippen LogP contribution in [-0.2, 0) is 0 Å². The van der Waals surface area contributed by atoms with Gasteiger partial charge in [0.15, 0.2) is 5.82 Å². The molecule has 0 amide bonds. The Balaban J connectivity index is 2.76. The molecule has 1 rings (SSSR count). The van der Waals surface area contributed by atoms with E-state index in [1.165, 1.54) is 12.7 Å². The Hall–Kier alpha value is -1.51. The van der Waals surface area contributed by atoms with Crippen LogP contribution >= 0.6 is 0 Å². The van der Waals surface area contributed by atoms with Crippen molar-refractivity contribution >= 4 is 6.08 Å². The molecule has 1 aromatic rings. The molecule has 3 nitrogen and oxygen atoms in total. The fourth-order valence-electron chi connectivity index (χ4n) is 0.488. The molecular weight excluding hydrogens is 126 g/mol. The second-order valence-corrected chi connectivity index (χ2v) is 1.59. The summed E-state index contributed by atoms with van der Waals surface area (Å²) in [6.45, 7) is 3.52. The number of rotatable bonds is 2. The van der Waals surface area contributed by atoms with Gasteiger partial charge in [-0.3, -0.25) is 0 Å². The third-order valence-electron chi connectivity index (χ3n) is 0.895. The van der Waals surface area contributed by atoms with Crippen LogP contribution in [0.15, 0.2) is 31.4 Å². The van der Waals surface area contributed by atoms with Gasteiger partial charge >= 0.3 is 0 Å². The lowest BCUT2D eigenvalue weighted by Crippen LogP contribution is -1.85. The highest BCUT2D eigenvalue weighted by Gasteiger charge is 1.82. The first-order valence-corrected chi connectivity index (χ1v) is 2.84. The molecule has 50 valence electrons. The van der Waals surface area contributed by atoms with Gasteiger partial charge in [0, 0.05) is 0 Å². The van der Waals surface area contributed by atoms with E-state index in [4.69, 9.17) is 0 Å². The molecule has 0 spiro atoms. The molecule has 3 heteroatoms. The van der Waals surface area contributed by atoms with E-state index in [0.717, 1.165) is 0 Å². The standard InChI is InChI=1S/C7H7N3/c1-2-3-4-7-9-5-8-6-10-7/h2-6H,1H2. The highest BCUT2D eigenvalue weighted by Crippen LogP contribution is 1.88. The molecular formula is C7H7N3. The Morgan fingerprint density at radius 1 is 1.30 bits per heavy atom. The second kappa shape index (κ2) is 3.50. The predicted octanol–water partition coefficient (Wildman–Crippen LogP) is 1.07. The average Bonchev–Trinajstić information content (AvgIpc) is 2.03. The zero-order chi connectivity index (χ0) is 7.23. The molecule has 1 aromatic heterocycles. The molecule has 10 heavy (non-hydrogen) atoms. The summed E-state index contributed by atoms with van der Waals surface area (Å²) >= 11 is 0. The Labute approximate surface area is 59.2 Å². The van der Waals surface area contributed by atoms with Gasteiger partial charge in [0.05, 0.1) is 0 Å². The maximum atomic E-state index is 3.86. The zero-order valence-corrected chi connectivity index (χ0v) is 5.44. The molecule has 0 N–H and O–H groups in total. The van der Waals surface area contributed by atoms with Gasteiger partial charge in [0.2, 0.25) is 0 Å². The minimum absolute atomic E-state index is 0.648. The number of hydrogen-bond acceptors (Lipinski definition) is 3. The molecule has 0 atom stereocenters. The van der Waals surface area contributed by atoms with Crippen LogP contribution in [0.1, 0.15) is 5.82 Å². The molecule has 0 bridgehead atoms. The van der Waals surface area contributed by atoms with E-state index in [2.05, 4.69) is 21.5 Å². The lowest BCUT2D eigenvalue weighted by molar-refractivity contribution is 1.03. The minimum Gasteiger partial charge on any atom is -0.225 e. The van der Waals surface area contributed by atoms with E-state index < -0.39 is 0 Å². The van der Waals surface area contributed by atoms with Crippen molar-refractivity contribution in [2.75, 3.05) is 0 Å². The first-order chi connectivity index (χ1) is 4.93. The Bertz CT molecular complexity index is 228. The summed E-state index contributed by atoms with van der Waals surface area (Å²) in [6.07, 6.45) is 8.11. The van der Waals surface area contributed by atoms with E-state index in [1.54, 1.807) is 18.2 Å². The molecule has 0 saturated carbocycles. The molecule has 0 aliphatic heterocycles. The molecule has 0 aromatic carbocycles. The van der Waals surface area contributed by atoms with E-state index in [1.807, 2.05) is 0 Å². The van der Waals surface area contributed by atoms with Gasteiger partial charge < -0.3 is 0 Å². The van der Waals surface area contributed by atoms with E-state index in [-0.39, 0.29) is 0 Å². The Morgan fingerprint density at radius 2 is 2.00 bits per heavy atom. The van der Waals surface area contributed by atoms with Crippen molar-refractivity contribution < 1.29 is 0 Å². The lowest BCUT2D eigenvalue weighted by Gasteiger charge is -1.84. The van der Waals surface area contributed by atoms with Crippen molar-refractivity contribution in [3.63, 3.8) is 0 Å². The van der Waals surface area contributed by atoms with Gasteiger partial charge in [-0.25, -0.2) is 15.0 Å². The van der Waals surface area contributed by atoms with Crippen LogP contribution in [-0.4, -0.2) is 15.0 Å². The smallest absolute Gasteiger partial charge is 0.155 e. The molecule has 0 aliphatic carbocycles. The van der Waals surface area contributed by atoms with Gasteiger partial charge in [-0.05, 0) is 6.08 Å². The van der Waals surface area contributed by atoms with Crippen LogP contribution in [0, 0.1) is 0 Å². The number of aromatic nitrogens is 3. The lowest BCUT2D eigenvalue weighted by atomic mass is 10.5. The topological polar surface area (TPSA) is 38.7 Å². The number of allylic oxidation sites excluding steroid dienone is 2.